The summed E-state index contributed by atoms with van der Waals surface area (Å²) in [6, 6.07) is 13.9. The number of carbonyl (C=O) groups is 3. The summed E-state index contributed by atoms with van der Waals surface area (Å²) < 4.78 is 0. The average molecular weight is 366 g/mol. The van der Waals surface area contributed by atoms with Gasteiger partial charge in [0.15, 0.2) is 0 Å². The summed E-state index contributed by atoms with van der Waals surface area (Å²) in [4.78, 5) is 39.2. The highest BCUT2D eigenvalue weighted by atomic mass is 32.2. The molecule has 0 bridgehead atoms. The van der Waals surface area contributed by atoms with Crippen molar-refractivity contribution in [3.8, 4) is 0 Å². The summed E-state index contributed by atoms with van der Waals surface area (Å²) in [6.07, 6.45) is 4.33. The van der Waals surface area contributed by atoms with Gasteiger partial charge in [-0.25, -0.2) is 9.69 Å². The van der Waals surface area contributed by atoms with Crippen molar-refractivity contribution in [2.75, 3.05) is 11.2 Å². The van der Waals surface area contributed by atoms with Crippen LogP contribution < -0.4 is 10.2 Å². The largest absolute Gasteiger partial charge is 0.335 e. The monoisotopic (exact) mass is 366 g/mol. The number of anilines is 1. The number of thioether (sulfide) groups is 1. The second-order valence-electron chi connectivity index (χ2n) is 5.75. The second-order valence-corrected chi connectivity index (χ2v) is 6.63. The highest BCUT2D eigenvalue weighted by molar-refractivity contribution is 7.98. The fraction of sp³-hybridized carbons (Fsp3) is 0.150. The van der Waals surface area contributed by atoms with E-state index in [0.29, 0.717) is 5.69 Å². The molecule has 4 amide bonds. The predicted octanol–water partition coefficient (Wildman–Crippen LogP) is 3.64. The first-order valence-corrected chi connectivity index (χ1v) is 9.40. The maximum atomic E-state index is 12.8. The highest BCUT2D eigenvalue weighted by Gasteiger charge is 2.36. The minimum Gasteiger partial charge on any atom is -0.273 e. The van der Waals surface area contributed by atoms with Crippen molar-refractivity contribution in [3.05, 3.63) is 65.2 Å². The van der Waals surface area contributed by atoms with Crippen molar-refractivity contribution >= 4 is 41.4 Å². The van der Waals surface area contributed by atoms with Gasteiger partial charge in [0, 0.05) is 4.90 Å². The molecule has 0 unspecified atom stereocenters. The highest BCUT2D eigenvalue weighted by Crippen LogP contribution is 2.23. The van der Waals surface area contributed by atoms with Crippen LogP contribution in [0.25, 0.3) is 6.08 Å². The molecule has 1 N–H and O–H groups in total. The molecule has 1 aliphatic heterocycles. The van der Waals surface area contributed by atoms with Crippen molar-refractivity contribution < 1.29 is 14.4 Å². The van der Waals surface area contributed by atoms with Crippen LogP contribution >= 0.6 is 11.8 Å². The zero-order chi connectivity index (χ0) is 18.7. The van der Waals surface area contributed by atoms with Crippen LogP contribution in [0.1, 0.15) is 18.1 Å². The van der Waals surface area contributed by atoms with E-state index < -0.39 is 17.8 Å². The number of barbiturate groups is 1. The summed E-state index contributed by atoms with van der Waals surface area (Å²) in [5.74, 6) is -1.31. The molecule has 0 spiro atoms. The molecular weight excluding hydrogens is 348 g/mol. The first-order chi connectivity index (χ1) is 12.5. The van der Waals surface area contributed by atoms with Gasteiger partial charge in [-0.2, -0.15) is 0 Å². The molecule has 1 saturated heterocycles. The Morgan fingerprint density at radius 1 is 1.00 bits per heavy atom. The number of hydrogen-bond donors (Lipinski definition) is 1. The van der Waals surface area contributed by atoms with Crippen LogP contribution in [0.3, 0.4) is 0 Å². The van der Waals surface area contributed by atoms with Crippen molar-refractivity contribution in [2.45, 2.75) is 18.2 Å². The quantitative estimate of drug-likeness (QED) is 0.510. The number of nitrogens with one attached hydrogen (secondary N) is 1. The van der Waals surface area contributed by atoms with Crippen LogP contribution in [0.15, 0.2) is 59.0 Å². The molecule has 0 radical (unpaired) electrons. The van der Waals surface area contributed by atoms with E-state index in [0.717, 1.165) is 27.3 Å². The fourth-order valence-electron chi connectivity index (χ4n) is 2.64. The Hall–Kier alpha value is -2.86. The molecule has 5 nitrogen and oxygen atoms in total. The molecule has 2 aromatic rings. The lowest BCUT2D eigenvalue weighted by Crippen LogP contribution is -2.54. The third-order valence-electron chi connectivity index (χ3n) is 4.13. The molecule has 132 valence electrons. The second kappa shape index (κ2) is 7.58. The summed E-state index contributed by atoms with van der Waals surface area (Å²) in [5.41, 5.74) is 2.18. The van der Waals surface area contributed by atoms with Crippen LogP contribution in [-0.4, -0.2) is 24.1 Å². The van der Waals surface area contributed by atoms with Crippen molar-refractivity contribution in [3.63, 3.8) is 0 Å². The van der Waals surface area contributed by atoms with Gasteiger partial charge in [-0.3, -0.25) is 14.9 Å². The zero-order valence-electron chi connectivity index (χ0n) is 14.5. The molecule has 3 rings (SSSR count). The number of imide groups is 2. The van der Waals surface area contributed by atoms with Gasteiger partial charge in [0.05, 0.1) is 5.69 Å². The maximum Gasteiger partial charge on any atom is 0.335 e. The summed E-state index contributed by atoms with van der Waals surface area (Å²) in [6.45, 7) is 2.02. The van der Waals surface area contributed by atoms with Gasteiger partial charge in [0.25, 0.3) is 11.8 Å². The minimum absolute atomic E-state index is 0.0685. The molecule has 2 aromatic carbocycles. The van der Waals surface area contributed by atoms with E-state index in [9.17, 15) is 14.4 Å². The Bertz CT molecular complexity index is 886. The molecule has 0 atom stereocenters. The smallest absolute Gasteiger partial charge is 0.273 e. The number of benzene rings is 2. The topological polar surface area (TPSA) is 66.5 Å². The average Bonchev–Trinajstić information content (AvgIpc) is 2.66. The standard InChI is InChI=1S/C20H18N2O3S/c1-3-13-4-8-15(9-5-13)22-19(24)17(18(23)21-20(22)25)12-14-6-10-16(26-2)11-7-14/h4-12H,3H2,1-2H3,(H,21,23,25). The lowest BCUT2D eigenvalue weighted by atomic mass is 10.1. The molecule has 0 aromatic heterocycles. The van der Waals surface area contributed by atoms with Gasteiger partial charge in [-0.1, -0.05) is 31.2 Å². The van der Waals surface area contributed by atoms with E-state index in [1.165, 1.54) is 6.08 Å². The molecule has 1 aliphatic rings. The molecule has 0 saturated carbocycles. The van der Waals surface area contributed by atoms with E-state index in [2.05, 4.69) is 5.32 Å². The van der Waals surface area contributed by atoms with Gasteiger partial charge >= 0.3 is 6.03 Å². The number of aryl methyl sites for hydroxylation is 1. The number of urea groups is 1. The number of carbonyl (C=O) groups excluding carboxylic acids is 3. The van der Waals surface area contributed by atoms with Gasteiger partial charge in [-0.15, -0.1) is 11.8 Å². The molecule has 1 fully saturated rings. The van der Waals surface area contributed by atoms with Crippen LogP contribution in [0.5, 0.6) is 0 Å². The zero-order valence-corrected chi connectivity index (χ0v) is 15.3. The molecule has 6 heteroatoms. The van der Waals surface area contributed by atoms with Crippen LogP contribution in [0.4, 0.5) is 10.5 Å². The number of amides is 4. The first-order valence-electron chi connectivity index (χ1n) is 8.18. The van der Waals surface area contributed by atoms with Crippen molar-refractivity contribution in [2.24, 2.45) is 0 Å². The Labute approximate surface area is 156 Å². The molecular formula is C20H18N2O3S. The Kier molecular flexibility index (Phi) is 5.23. The van der Waals surface area contributed by atoms with Crippen LogP contribution in [0, 0.1) is 0 Å². The normalized spacial score (nSPS) is 16.2. The number of hydrogen-bond acceptors (Lipinski definition) is 4. The lowest BCUT2D eigenvalue weighted by molar-refractivity contribution is -0.122. The maximum absolute atomic E-state index is 12.8. The van der Waals surface area contributed by atoms with Crippen LogP contribution in [0.2, 0.25) is 0 Å². The van der Waals surface area contributed by atoms with Crippen LogP contribution in [-0.2, 0) is 16.0 Å². The third-order valence-corrected chi connectivity index (χ3v) is 4.87. The molecule has 0 aliphatic carbocycles. The van der Waals surface area contributed by atoms with Crippen molar-refractivity contribution in [1.82, 2.24) is 5.32 Å². The third kappa shape index (κ3) is 3.55. The minimum atomic E-state index is -0.737. The van der Waals surface area contributed by atoms with E-state index in [1.54, 1.807) is 23.9 Å². The Morgan fingerprint density at radius 2 is 1.65 bits per heavy atom. The molecule has 1 heterocycles. The SMILES string of the molecule is CCc1ccc(N2C(=O)NC(=O)C(=Cc3ccc(SC)cc3)C2=O)cc1. The van der Waals surface area contributed by atoms with E-state index in [1.807, 2.05) is 49.6 Å². The molecule has 26 heavy (non-hydrogen) atoms. The first kappa shape index (κ1) is 17.9. The lowest BCUT2D eigenvalue weighted by Gasteiger charge is -2.26. The van der Waals surface area contributed by atoms with E-state index >= 15 is 0 Å². The fourth-order valence-corrected chi connectivity index (χ4v) is 3.05. The summed E-state index contributed by atoms with van der Waals surface area (Å²) >= 11 is 1.61. The summed E-state index contributed by atoms with van der Waals surface area (Å²) in [7, 11) is 0. The van der Waals surface area contributed by atoms with E-state index in [4.69, 9.17) is 0 Å². The van der Waals surface area contributed by atoms with Gasteiger partial charge < -0.3 is 0 Å². The number of nitrogens with zero attached hydrogens (tertiary/aromatic N) is 1. The van der Waals surface area contributed by atoms with E-state index in [-0.39, 0.29) is 5.57 Å². The summed E-state index contributed by atoms with van der Waals surface area (Å²) in [5, 5.41) is 2.23. The van der Waals surface area contributed by atoms with Gasteiger partial charge in [-0.05, 0) is 54.1 Å². The Morgan fingerprint density at radius 3 is 2.23 bits per heavy atom. The van der Waals surface area contributed by atoms with Gasteiger partial charge in [0.2, 0.25) is 0 Å². The predicted molar refractivity (Wildman–Crippen MR) is 103 cm³/mol. The number of rotatable bonds is 4. The van der Waals surface area contributed by atoms with Crippen molar-refractivity contribution in [1.29, 1.82) is 0 Å². The van der Waals surface area contributed by atoms with Gasteiger partial charge in [0.1, 0.15) is 5.57 Å². The Balaban J connectivity index is 1.95.